The molecule has 0 aromatic heterocycles. The van der Waals surface area contributed by atoms with Gasteiger partial charge in [-0.1, -0.05) is 17.7 Å². The van der Waals surface area contributed by atoms with Crippen LogP contribution in [0.15, 0.2) is 12.1 Å². The first kappa shape index (κ1) is 15.3. The topological polar surface area (TPSA) is 12.0 Å². The Balaban J connectivity index is 2.92. The number of aryl methyl sites for hydroxylation is 2. The molecule has 1 N–H and O–H groups in total. The lowest BCUT2D eigenvalue weighted by Gasteiger charge is -2.20. The predicted octanol–water partition coefficient (Wildman–Crippen LogP) is 4.56. The highest BCUT2D eigenvalue weighted by molar-refractivity contribution is 6.31. The summed E-state index contributed by atoms with van der Waals surface area (Å²) in [6, 6.07) is 3.28. The first-order chi connectivity index (χ1) is 8.24. The number of hydrogen-bond acceptors (Lipinski definition) is 1. The minimum Gasteiger partial charge on any atom is -0.313 e. The molecule has 102 valence electrons. The smallest absolute Gasteiger partial charge is 0.313 e. The molecule has 0 saturated carbocycles. The van der Waals surface area contributed by atoms with E-state index < -0.39 is 12.6 Å². The first-order valence-electron chi connectivity index (χ1n) is 5.75. The van der Waals surface area contributed by atoms with Crippen LogP contribution >= 0.6 is 11.6 Å². The predicted molar refractivity (Wildman–Crippen MR) is 68.0 cm³/mol. The van der Waals surface area contributed by atoms with Crippen molar-refractivity contribution in [2.75, 3.05) is 7.05 Å². The van der Waals surface area contributed by atoms with E-state index in [0.717, 1.165) is 16.7 Å². The summed E-state index contributed by atoms with van der Waals surface area (Å²) < 4.78 is 36.8. The van der Waals surface area contributed by atoms with Crippen molar-refractivity contribution < 1.29 is 13.2 Å². The third-order valence-electron chi connectivity index (χ3n) is 3.05. The normalized spacial score (nSPS) is 13.7. The van der Waals surface area contributed by atoms with Gasteiger partial charge in [-0.3, -0.25) is 0 Å². The van der Waals surface area contributed by atoms with E-state index in [9.17, 15) is 13.2 Å². The molecule has 0 spiro atoms. The number of rotatable bonds is 4. The van der Waals surface area contributed by atoms with E-state index in [0.29, 0.717) is 5.02 Å². The average Bonchev–Trinajstić information content (AvgIpc) is 2.24. The van der Waals surface area contributed by atoms with E-state index in [2.05, 4.69) is 5.32 Å². The first-order valence-corrected chi connectivity index (χ1v) is 6.13. The van der Waals surface area contributed by atoms with Crippen LogP contribution in [0.1, 0.15) is 35.6 Å². The summed E-state index contributed by atoms with van der Waals surface area (Å²) >= 11 is 6.10. The van der Waals surface area contributed by atoms with Crippen molar-refractivity contribution in [3.05, 3.63) is 33.8 Å². The second-order valence-electron chi connectivity index (χ2n) is 4.45. The largest absolute Gasteiger partial charge is 0.389 e. The Hall–Kier alpha value is -0.740. The van der Waals surface area contributed by atoms with Crippen LogP contribution in [0.5, 0.6) is 0 Å². The summed E-state index contributed by atoms with van der Waals surface area (Å²) in [7, 11) is 1.65. The summed E-state index contributed by atoms with van der Waals surface area (Å²) in [5.41, 5.74) is 2.79. The molecule has 1 nitrogen and oxygen atoms in total. The molecule has 1 atom stereocenters. The molecule has 0 aliphatic rings. The Morgan fingerprint density at radius 1 is 1.22 bits per heavy atom. The van der Waals surface area contributed by atoms with E-state index in [1.165, 1.54) is 0 Å². The number of alkyl halides is 3. The maximum Gasteiger partial charge on any atom is 0.389 e. The van der Waals surface area contributed by atoms with Gasteiger partial charge in [0.15, 0.2) is 0 Å². The molecule has 0 aliphatic heterocycles. The third kappa shape index (κ3) is 4.18. The van der Waals surface area contributed by atoms with Crippen LogP contribution in [0.2, 0.25) is 5.02 Å². The van der Waals surface area contributed by atoms with Crippen LogP contribution in [-0.2, 0) is 0 Å². The zero-order valence-electron chi connectivity index (χ0n) is 10.7. The van der Waals surface area contributed by atoms with Crippen LogP contribution in [0, 0.1) is 13.8 Å². The van der Waals surface area contributed by atoms with Gasteiger partial charge in [-0.25, -0.2) is 0 Å². The Labute approximate surface area is 110 Å². The number of halogens is 4. The van der Waals surface area contributed by atoms with Crippen LogP contribution in [-0.4, -0.2) is 13.2 Å². The van der Waals surface area contributed by atoms with Crippen molar-refractivity contribution in [2.45, 2.75) is 38.9 Å². The molecular formula is C13H17ClF3N. The van der Waals surface area contributed by atoms with E-state index >= 15 is 0 Å². The fraction of sp³-hybridized carbons (Fsp3) is 0.538. The molecule has 1 aromatic rings. The molecule has 5 heteroatoms. The monoisotopic (exact) mass is 279 g/mol. The average molecular weight is 280 g/mol. The SMILES string of the molecule is CNC(CCC(F)(F)F)c1cc(C)c(C)cc1Cl. The van der Waals surface area contributed by atoms with Crippen molar-refractivity contribution in [3.63, 3.8) is 0 Å². The quantitative estimate of drug-likeness (QED) is 0.852. The standard InChI is InChI=1S/C13H17ClF3N/c1-8-6-10(11(14)7-9(8)2)12(18-3)4-5-13(15,16)17/h6-7,12,18H,4-5H2,1-3H3. The lowest BCUT2D eigenvalue weighted by Crippen LogP contribution is -2.20. The Morgan fingerprint density at radius 2 is 1.78 bits per heavy atom. The lowest BCUT2D eigenvalue weighted by molar-refractivity contribution is -0.136. The van der Waals surface area contributed by atoms with Crippen molar-refractivity contribution in [1.82, 2.24) is 5.32 Å². The Morgan fingerprint density at radius 3 is 2.28 bits per heavy atom. The minimum absolute atomic E-state index is 0.0117. The van der Waals surface area contributed by atoms with Gasteiger partial charge in [0.05, 0.1) is 0 Å². The molecule has 0 bridgehead atoms. The fourth-order valence-electron chi connectivity index (χ4n) is 1.83. The van der Waals surface area contributed by atoms with Gasteiger partial charge in [-0.05, 0) is 50.1 Å². The van der Waals surface area contributed by atoms with Crippen LogP contribution < -0.4 is 5.32 Å². The van der Waals surface area contributed by atoms with E-state index in [-0.39, 0.29) is 12.5 Å². The van der Waals surface area contributed by atoms with Gasteiger partial charge >= 0.3 is 6.18 Å². The summed E-state index contributed by atoms with van der Waals surface area (Å²) in [5.74, 6) is 0. The molecular weight excluding hydrogens is 263 g/mol. The molecule has 18 heavy (non-hydrogen) atoms. The zero-order valence-corrected chi connectivity index (χ0v) is 11.4. The van der Waals surface area contributed by atoms with Gasteiger partial charge in [-0.15, -0.1) is 0 Å². The highest BCUT2D eigenvalue weighted by atomic mass is 35.5. The van der Waals surface area contributed by atoms with E-state index in [4.69, 9.17) is 11.6 Å². The summed E-state index contributed by atoms with van der Waals surface area (Å²) in [6.07, 6.45) is -4.97. The van der Waals surface area contributed by atoms with Crippen molar-refractivity contribution >= 4 is 11.6 Å². The summed E-state index contributed by atoms with van der Waals surface area (Å²) in [5, 5.41) is 3.41. The minimum atomic E-state index is -4.14. The lowest BCUT2D eigenvalue weighted by atomic mass is 9.97. The van der Waals surface area contributed by atoms with Crippen LogP contribution in [0.25, 0.3) is 0 Å². The molecule has 0 radical (unpaired) electrons. The number of nitrogens with one attached hydrogen (secondary N) is 1. The maximum atomic E-state index is 12.3. The molecule has 0 aliphatic carbocycles. The Kier molecular flexibility index (Phi) is 5.05. The van der Waals surface area contributed by atoms with Crippen molar-refractivity contribution in [1.29, 1.82) is 0 Å². The third-order valence-corrected chi connectivity index (χ3v) is 3.38. The second-order valence-corrected chi connectivity index (χ2v) is 4.86. The van der Waals surface area contributed by atoms with Gasteiger partial charge < -0.3 is 5.32 Å². The highest BCUT2D eigenvalue weighted by Gasteiger charge is 2.28. The molecule has 0 amide bonds. The summed E-state index contributed by atoms with van der Waals surface area (Å²) in [4.78, 5) is 0. The number of hydrogen-bond donors (Lipinski definition) is 1. The fourth-order valence-corrected chi connectivity index (χ4v) is 2.18. The zero-order chi connectivity index (χ0) is 13.9. The van der Waals surface area contributed by atoms with E-state index in [1.807, 2.05) is 19.9 Å². The summed E-state index contributed by atoms with van der Waals surface area (Å²) in [6.45, 7) is 3.85. The molecule has 0 heterocycles. The van der Waals surface area contributed by atoms with Gasteiger partial charge in [0.2, 0.25) is 0 Å². The van der Waals surface area contributed by atoms with Gasteiger partial charge in [0.1, 0.15) is 0 Å². The van der Waals surface area contributed by atoms with Crippen molar-refractivity contribution in [3.8, 4) is 0 Å². The second kappa shape index (κ2) is 5.93. The molecule has 1 rings (SSSR count). The van der Waals surface area contributed by atoms with Gasteiger partial charge in [-0.2, -0.15) is 13.2 Å². The van der Waals surface area contributed by atoms with Gasteiger partial charge in [0.25, 0.3) is 0 Å². The van der Waals surface area contributed by atoms with E-state index in [1.54, 1.807) is 13.1 Å². The number of benzene rings is 1. The molecule has 1 aromatic carbocycles. The highest BCUT2D eigenvalue weighted by Crippen LogP contribution is 2.32. The Bertz CT molecular complexity index is 415. The molecule has 0 fully saturated rings. The molecule has 0 saturated heterocycles. The maximum absolute atomic E-state index is 12.3. The van der Waals surface area contributed by atoms with Crippen LogP contribution in [0.3, 0.4) is 0 Å². The molecule has 1 unspecified atom stereocenters. The van der Waals surface area contributed by atoms with Crippen molar-refractivity contribution in [2.24, 2.45) is 0 Å². The van der Waals surface area contributed by atoms with Gasteiger partial charge in [0, 0.05) is 17.5 Å². The van der Waals surface area contributed by atoms with Crippen LogP contribution in [0.4, 0.5) is 13.2 Å².